The third-order valence-corrected chi connectivity index (χ3v) is 9.06. The summed E-state index contributed by atoms with van der Waals surface area (Å²) in [6.45, 7) is 1.97. The van der Waals surface area contributed by atoms with Gasteiger partial charge in [0, 0.05) is 16.3 Å². The fraction of sp³-hybridized carbons (Fsp3) is 0.429. The SMILES string of the molecule is C[C@H]([C@@H](O)C1CCCCC1)P(=O)(c1ccccc1)c1ccccc1. The largest absolute Gasteiger partial charge is 0.392 e. The molecule has 2 nitrogen and oxygen atoms in total. The van der Waals surface area contributed by atoms with Crippen LogP contribution in [0.25, 0.3) is 0 Å². The minimum absolute atomic E-state index is 0.273. The summed E-state index contributed by atoms with van der Waals surface area (Å²) in [6.07, 6.45) is 5.19. The van der Waals surface area contributed by atoms with Gasteiger partial charge in [-0.05, 0) is 18.8 Å². The monoisotopic (exact) mass is 342 g/mol. The molecule has 0 heterocycles. The Labute approximate surface area is 145 Å². The number of hydrogen-bond acceptors (Lipinski definition) is 2. The first-order valence-corrected chi connectivity index (χ1v) is 10.8. The van der Waals surface area contributed by atoms with Gasteiger partial charge in [-0.15, -0.1) is 0 Å². The van der Waals surface area contributed by atoms with Gasteiger partial charge in [0.1, 0.15) is 7.14 Å². The van der Waals surface area contributed by atoms with Crippen molar-refractivity contribution in [2.75, 3.05) is 0 Å². The van der Waals surface area contributed by atoms with E-state index in [2.05, 4.69) is 0 Å². The number of benzene rings is 2. The van der Waals surface area contributed by atoms with Crippen LogP contribution in [-0.2, 0) is 4.57 Å². The third-order valence-electron chi connectivity index (χ3n) is 5.48. The lowest BCUT2D eigenvalue weighted by molar-refractivity contribution is 0.0840. The molecule has 0 saturated heterocycles. The second-order valence-corrected chi connectivity index (χ2v) is 10.1. The van der Waals surface area contributed by atoms with Crippen molar-refractivity contribution in [1.29, 1.82) is 0 Å². The molecule has 0 amide bonds. The van der Waals surface area contributed by atoms with Crippen LogP contribution in [0, 0.1) is 5.92 Å². The van der Waals surface area contributed by atoms with Crippen LogP contribution in [0.4, 0.5) is 0 Å². The minimum atomic E-state index is -2.89. The van der Waals surface area contributed by atoms with Gasteiger partial charge in [0.2, 0.25) is 0 Å². The zero-order valence-electron chi connectivity index (χ0n) is 14.3. The van der Waals surface area contributed by atoms with Crippen LogP contribution in [0.2, 0.25) is 0 Å². The van der Waals surface area contributed by atoms with Gasteiger partial charge in [-0.2, -0.15) is 0 Å². The summed E-state index contributed by atoms with van der Waals surface area (Å²) in [7, 11) is -2.89. The molecule has 1 aliphatic rings. The smallest absolute Gasteiger partial charge is 0.148 e. The predicted molar refractivity (Wildman–Crippen MR) is 102 cm³/mol. The summed E-state index contributed by atoms with van der Waals surface area (Å²) >= 11 is 0. The van der Waals surface area contributed by atoms with Crippen molar-refractivity contribution in [1.82, 2.24) is 0 Å². The van der Waals surface area contributed by atoms with Crippen molar-refractivity contribution in [2.45, 2.75) is 50.8 Å². The van der Waals surface area contributed by atoms with Gasteiger partial charge in [0.05, 0.1) is 6.10 Å². The fourth-order valence-corrected chi connectivity index (χ4v) is 7.15. The van der Waals surface area contributed by atoms with E-state index in [1.807, 2.05) is 67.6 Å². The average Bonchev–Trinajstić information content (AvgIpc) is 2.68. The molecule has 2 aromatic carbocycles. The molecule has 0 spiro atoms. The van der Waals surface area contributed by atoms with Crippen molar-refractivity contribution < 1.29 is 9.67 Å². The summed E-state index contributed by atoms with van der Waals surface area (Å²) in [6, 6.07) is 19.4. The quantitative estimate of drug-likeness (QED) is 0.821. The highest BCUT2D eigenvalue weighted by Crippen LogP contribution is 2.51. The molecule has 3 rings (SSSR count). The predicted octanol–water partition coefficient (Wildman–Crippen LogP) is 4.33. The fourth-order valence-electron chi connectivity index (χ4n) is 4.00. The summed E-state index contributed by atoms with van der Waals surface area (Å²) in [5, 5.41) is 12.7. The van der Waals surface area contributed by atoms with E-state index in [1.165, 1.54) is 19.3 Å². The molecule has 128 valence electrons. The van der Waals surface area contributed by atoms with E-state index in [0.29, 0.717) is 0 Å². The van der Waals surface area contributed by atoms with Crippen LogP contribution in [0.5, 0.6) is 0 Å². The molecule has 1 aliphatic carbocycles. The Kier molecular flexibility index (Phi) is 5.58. The Hall–Kier alpha value is -1.37. The molecular weight excluding hydrogens is 315 g/mol. The lowest BCUT2D eigenvalue weighted by atomic mass is 9.84. The van der Waals surface area contributed by atoms with Crippen molar-refractivity contribution in [2.24, 2.45) is 5.92 Å². The Morgan fingerprint density at radius 1 is 0.875 bits per heavy atom. The molecule has 0 aromatic heterocycles. The normalized spacial score (nSPS) is 18.9. The van der Waals surface area contributed by atoms with Crippen molar-refractivity contribution in [3.63, 3.8) is 0 Å². The lowest BCUT2D eigenvalue weighted by Gasteiger charge is -2.35. The van der Waals surface area contributed by atoms with E-state index in [1.54, 1.807) is 0 Å². The highest BCUT2D eigenvalue weighted by atomic mass is 31.2. The van der Waals surface area contributed by atoms with E-state index in [-0.39, 0.29) is 11.6 Å². The van der Waals surface area contributed by atoms with E-state index in [0.717, 1.165) is 23.5 Å². The Bertz CT molecular complexity index is 634. The highest BCUT2D eigenvalue weighted by molar-refractivity contribution is 7.79. The van der Waals surface area contributed by atoms with Crippen LogP contribution in [0.15, 0.2) is 60.7 Å². The minimum Gasteiger partial charge on any atom is -0.392 e. The van der Waals surface area contributed by atoms with Crippen LogP contribution in [0.1, 0.15) is 39.0 Å². The maximum atomic E-state index is 14.2. The number of aliphatic hydroxyl groups excluding tert-OH is 1. The molecule has 2 atom stereocenters. The van der Waals surface area contributed by atoms with E-state index < -0.39 is 13.2 Å². The maximum Gasteiger partial charge on any atom is 0.148 e. The molecule has 1 saturated carbocycles. The van der Waals surface area contributed by atoms with Gasteiger partial charge in [-0.3, -0.25) is 0 Å². The van der Waals surface area contributed by atoms with Gasteiger partial charge in [-0.1, -0.05) is 86.8 Å². The van der Waals surface area contributed by atoms with Crippen LogP contribution in [0.3, 0.4) is 0 Å². The van der Waals surface area contributed by atoms with Crippen LogP contribution < -0.4 is 10.6 Å². The van der Waals surface area contributed by atoms with Crippen molar-refractivity contribution in [3.8, 4) is 0 Å². The Balaban J connectivity index is 2.00. The number of hydrogen-bond donors (Lipinski definition) is 1. The molecule has 0 bridgehead atoms. The summed E-state index contributed by atoms with van der Waals surface area (Å²) in [4.78, 5) is 0. The molecular formula is C21H27O2P. The molecule has 0 aliphatic heterocycles. The Morgan fingerprint density at radius 2 is 1.33 bits per heavy atom. The van der Waals surface area contributed by atoms with Gasteiger partial charge >= 0.3 is 0 Å². The van der Waals surface area contributed by atoms with E-state index in [4.69, 9.17) is 0 Å². The lowest BCUT2D eigenvalue weighted by Crippen LogP contribution is -2.38. The van der Waals surface area contributed by atoms with Crippen LogP contribution >= 0.6 is 7.14 Å². The summed E-state index contributed by atoms with van der Waals surface area (Å²) < 4.78 is 14.2. The van der Waals surface area contributed by atoms with Gasteiger partial charge in [-0.25, -0.2) is 0 Å². The molecule has 0 unspecified atom stereocenters. The zero-order valence-corrected chi connectivity index (χ0v) is 15.2. The van der Waals surface area contributed by atoms with Crippen molar-refractivity contribution >= 4 is 17.8 Å². The van der Waals surface area contributed by atoms with E-state index >= 15 is 0 Å². The first-order chi connectivity index (χ1) is 11.6. The maximum absolute atomic E-state index is 14.2. The summed E-state index contributed by atoms with van der Waals surface area (Å²) in [5.41, 5.74) is -0.273. The number of rotatable bonds is 5. The number of aliphatic hydroxyl groups is 1. The molecule has 0 radical (unpaired) electrons. The molecule has 24 heavy (non-hydrogen) atoms. The van der Waals surface area contributed by atoms with Gasteiger partial charge in [0.15, 0.2) is 0 Å². The zero-order chi connectivity index (χ0) is 17.0. The van der Waals surface area contributed by atoms with E-state index in [9.17, 15) is 9.67 Å². The van der Waals surface area contributed by atoms with Crippen molar-refractivity contribution in [3.05, 3.63) is 60.7 Å². The summed E-state index contributed by atoms with van der Waals surface area (Å²) in [5.74, 6) is 0.273. The Morgan fingerprint density at radius 3 is 1.79 bits per heavy atom. The third kappa shape index (κ3) is 3.36. The van der Waals surface area contributed by atoms with Crippen LogP contribution in [-0.4, -0.2) is 16.9 Å². The van der Waals surface area contributed by atoms with Gasteiger partial charge in [0.25, 0.3) is 0 Å². The molecule has 1 fully saturated rings. The second kappa shape index (κ2) is 7.68. The average molecular weight is 342 g/mol. The molecule has 2 aromatic rings. The van der Waals surface area contributed by atoms with Gasteiger partial charge < -0.3 is 9.67 Å². The first-order valence-electron chi connectivity index (χ1n) is 9.03. The standard InChI is InChI=1S/C21H27O2P/c1-17(21(22)18-11-5-2-6-12-18)24(23,19-13-7-3-8-14-19)20-15-9-4-10-16-20/h3-4,7-10,13-18,21-22H,2,5-6,11-12H2,1H3/t17-,21-/m1/s1. The molecule has 3 heteroatoms. The first kappa shape index (κ1) is 17.5. The second-order valence-electron chi connectivity index (χ2n) is 6.96. The highest BCUT2D eigenvalue weighted by Gasteiger charge is 2.40. The topological polar surface area (TPSA) is 37.3 Å². The molecule has 1 N–H and O–H groups in total.